The first kappa shape index (κ1) is 10.3. The van der Waals surface area contributed by atoms with Crippen molar-refractivity contribution in [3.05, 3.63) is 53.6 Å². The maximum absolute atomic E-state index is 7.15. The van der Waals surface area contributed by atoms with Gasteiger partial charge in [0.2, 0.25) is 5.69 Å². The summed E-state index contributed by atoms with van der Waals surface area (Å²) in [7, 11) is 1.97. The molecule has 2 aromatic rings. The average Bonchev–Trinajstić information content (AvgIpc) is 2.30. The third-order valence-electron chi connectivity index (χ3n) is 2.56. The number of nitrogens with zero attached hydrogens (tertiary/aromatic N) is 3. The normalized spacial score (nSPS) is 9.81. The van der Waals surface area contributed by atoms with E-state index in [0.29, 0.717) is 5.82 Å². The zero-order valence-corrected chi connectivity index (χ0v) is 9.31. The van der Waals surface area contributed by atoms with Gasteiger partial charge >= 0.3 is 0 Å². The van der Waals surface area contributed by atoms with Crippen molar-refractivity contribution < 1.29 is 4.57 Å². The fraction of sp³-hybridized carbons (Fsp3) is 0.154. The number of hydrogen-bond donors (Lipinski definition) is 0. The molecule has 78 valence electrons. The lowest BCUT2D eigenvalue weighted by atomic mass is 10.1. The van der Waals surface area contributed by atoms with Crippen LogP contribution in [0, 0.1) is 13.5 Å². The van der Waals surface area contributed by atoms with Gasteiger partial charge in [0.25, 0.3) is 5.82 Å². The molecule has 0 bridgehead atoms. The first-order valence-corrected chi connectivity index (χ1v) is 5.02. The molecular formula is C13H12N3+. The zero-order chi connectivity index (χ0) is 11.5. The van der Waals surface area contributed by atoms with Gasteiger partial charge in [0.15, 0.2) is 6.20 Å². The summed E-state index contributed by atoms with van der Waals surface area (Å²) >= 11 is 0. The topological polar surface area (TPSA) is 21.1 Å². The molecule has 2 rings (SSSR count). The van der Waals surface area contributed by atoms with Crippen LogP contribution in [0.4, 0.5) is 5.82 Å². The standard InChI is InChI=1S/C13H12N3/c1-10-7-8-15-13(14-2)12(10)11-6-4-5-9-16(11)3/h4-9H,1,3H3/q+1. The van der Waals surface area contributed by atoms with E-state index in [1.54, 1.807) is 6.20 Å². The van der Waals surface area contributed by atoms with Crippen molar-refractivity contribution in [3.63, 3.8) is 0 Å². The highest BCUT2D eigenvalue weighted by molar-refractivity contribution is 5.74. The van der Waals surface area contributed by atoms with Crippen LogP contribution in [0.15, 0.2) is 36.7 Å². The Morgan fingerprint density at radius 1 is 1.31 bits per heavy atom. The molecule has 0 saturated heterocycles. The van der Waals surface area contributed by atoms with E-state index in [1.807, 2.05) is 49.0 Å². The summed E-state index contributed by atoms with van der Waals surface area (Å²) < 4.78 is 2.00. The predicted molar refractivity (Wildman–Crippen MR) is 61.8 cm³/mol. The molecule has 0 spiro atoms. The predicted octanol–water partition coefficient (Wildman–Crippen LogP) is 2.43. The van der Waals surface area contributed by atoms with Crippen molar-refractivity contribution in [2.24, 2.45) is 7.05 Å². The molecule has 0 aliphatic heterocycles. The Balaban J connectivity index is 2.75. The summed E-state index contributed by atoms with van der Waals surface area (Å²) in [6, 6.07) is 7.86. The average molecular weight is 210 g/mol. The van der Waals surface area contributed by atoms with Gasteiger partial charge in [-0.2, -0.15) is 0 Å². The summed E-state index contributed by atoms with van der Waals surface area (Å²) in [6.45, 7) is 9.15. The van der Waals surface area contributed by atoms with Crippen LogP contribution in [-0.4, -0.2) is 4.98 Å². The van der Waals surface area contributed by atoms with Crippen LogP contribution in [0.2, 0.25) is 0 Å². The quantitative estimate of drug-likeness (QED) is 0.523. The van der Waals surface area contributed by atoms with Crippen molar-refractivity contribution in [2.45, 2.75) is 6.92 Å². The molecule has 2 heterocycles. The van der Waals surface area contributed by atoms with E-state index in [-0.39, 0.29) is 0 Å². The van der Waals surface area contributed by atoms with Gasteiger partial charge in [0.05, 0.1) is 5.56 Å². The highest BCUT2D eigenvalue weighted by Gasteiger charge is 2.16. The Kier molecular flexibility index (Phi) is 2.65. The van der Waals surface area contributed by atoms with Crippen molar-refractivity contribution in [1.29, 1.82) is 0 Å². The SMILES string of the molecule is [C-]#[N+]c1nccc(C)c1-c1cccc[n+]1C. The minimum Gasteiger partial charge on any atom is -0.360 e. The zero-order valence-electron chi connectivity index (χ0n) is 9.31. The van der Waals surface area contributed by atoms with Crippen LogP contribution in [0.5, 0.6) is 0 Å². The summed E-state index contributed by atoms with van der Waals surface area (Å²) in [5.74, 6) is 0.460. The molecule has 0 saturated carbocycles. The van der Waals surface area contributed by atoms with Gasteiger partial charge in [-0.25, -0.2) is 4.57 Å². The Labute approximate surface area is 94.8 Å². The van der Waals surface area contributed by atoms with Crippen molar-refractivity contribution >= 4 is 5.82 Å². The van der Waals surface area contributed by atoms with Crippen molar-refractivity contribution in [3.8, 4) is 11.3 Å². The molecule has 0 aromatic carbocycles. The van der Waals surface area contributed by atoms with Crippen LogP contribution >= 0.6 is 0 Å². The molecule has 0 unspecified atom stereocenters. The lowest BCUT2D eigenvalue weighted by molar-refractivity contribution is -0.660. The van der Waals surface area contributed by atoms with Gasteiger partial charge in [-0.15, -0.1) is 4.98 Å². The van der Waals surface area contributed by atoms with Crippen LogP contribution in [-0.2, 0) is 7.05 Å². The van der Waals surface area contributed by atoms with Crippen LogP contribution in [0.3, 0.4) is 0 Å². The second-order valence-electron chi connectivity index (χ2n) is 3.64. The number of aryl methyl sites for hydroxylation is 2. The monoisotopic (exact) mass is 210 g/mol. The van der Waals surface area contributed by atoms with E-state index in [1.165, 1.54) is 0 Å². The minimum absolute atomic E-state index is 0.460. The molecular weight excluding hydrogens is 198 g/mol. The first-order chi connectivity index (χ1) is 7.74. The molecule has 2 aromatic heterocycles. The molecule has 3 heteroatoms. The molecule has 3 nitrogen and oxygen atoms in total. The Bertz CT molecular complexity index is 568. The molecule has 0 N–H and O–H groups in total. The van der Waals surface area contributed by atoms with Crippen molar-refractivity contribution in [1.82, 2.24) is 4.98 Å². The summed E-state index contributed by atoms with van der Waals surface area (Å²) in [5.41, 5.74) is 3.00. The van der Waals surface area contributed by atoms with Crippen molar-refractivity contribution in [2.75, 3.05) is 0 Å². The van der Waals surface area contributed by atoms with E-state index >= 15 is 0 Å². The van der Waals surface area contributed by atoms with Gasteiger partial charge in [0.1, 0.15) is 13.2 Å². The Hall–Kier alpha value is -2.21. The van der Waals surface area contributed by atoms with E-state index in [2.05, 4.69) is 9.83 Å². The lowest BCUT2D eigenvalue weighted by Gasteiger charge is -2.04. The van der Waals surface area contributed by atoms with Crippen LogP contribution in [0.1, 0.15) is 5.56 Å². The molecule has 0 aliphatic rings. The first-order valence-electron chi connectivity index (χ1n) is 5.02. The highest BCUT2D eigenvalue weighted by Crippen LogP contribution is 2.28. The molecule has 0 fully saturated rings. The van der Waals surface area contributed by atoms with Gasteiger partial charge in [0, 0.05) is 12.1 Å². The molecule has 0 amide bonds. The summed E-state index contributed by atoms with van der Waals surface area (Å²) in [4.78, 5) is 7.58. The van der Waals surface area contributed by atoms with Gasteiger partial charge in [-0.3, -0.25) is 0 Å². The molecule has 0 atom stereocenters. The molecule has 16 heavy (non-hydrogen) atoms. The lowest BCUT2D eigenvalue weighted by Crippen LogP contribution is -2.30. The summed E-state index contributed by atoms with van der Waals surface area (Å²) in [6.07, 6.45) is 3.64. The minimum atomic E-state index is 0.460. The maximum atomic E-state index is 7.15. The van der Waals surface area contributed by atoms with Gasteiger partial charge < -0.3 is 4.85 Å². The van der Waals surface area contributed by atoms with E-state index < -0.39 is 0 Å². The van der Waals surface area contributed by atoms with Gasteiger partial charge in [-0.1, -0.05) is 6.57 Å². The van der Waals surface area contributed by atoms with E-state index in [0.717, 1.165) is 16.8 Å². The number of aromatic nitrogens is 2. The third-order valence-corrected chi connectivity index (χ3v) is 2.56. The maximum Gasteiger partial charge on any atom is 0.283 e. The largest absolute Gasteiger partial charge is 0.360 e. The van der Waals surface area contributed by atoms with E-state index in [4.69, 9.17) is 6.57 Å². The Morgan fingerprint density at radius 3 is 2.81 bits per heavy atom. The smallest absolute Gasteiger partial charge is 0.283 e. The van der Waals surface area contributed by atoms with Crippen LogP contribution in [0.25, 0.3) is 16.1 Å². The van der Waals surface area contributed by atoms with Crippen LogP contribution < -0.4 is 4.57 Å². The fourth-order valence-corrected chi connectivity index (χ4v) is 1.73. The fourth-order valence-electron chi connectivity index (χ4n) is 1.73. The second kappa shape index (κ2) is 4.11. The number of rotatable bonds is 1. The van der Waals surface area contributed by atoms with E-state index in [9.17, 15) is 0 Å². The van der Waals surface area contributed by atoms with Gasteiger partial charge in [-0.05, 0) is 24.6 Å². The Morgan fingerprint density at radius 2 is 2.12 bits per heavy atom. The highest BCUT2D eigenvalue weighted by atomic mass is 14.9. The number of hydrogen-bond acceptors (Lipinski definition) is 1. The molecule has 0 aliphatic carbocycles. The second-order valence-corrected chi connectivity index (χ2v) is 3.64. The molecule has 0 radical (unpaired) electrons. The summed E-state index contributed by atoms with van der Waals surface area (Å²) in [5, 5.41) is 0. The number of pyridine rings is 2. The third kappa shape index (κ3) is 1.66.